The molecule has 26 heavy (non-hydrogen) atoms. The maximum Gasteiger partial charge on any atom is 0.255 e. The molecule has 0 fully saturated rings. The Morgan fingerprint density at radius 3 is 2.08 bits per heavy atom. The molecule has 0 atom stereocenters. The van der Waals surface area contributed by atoms with Crippen LogP contribution in [0.5, 0.6) is 0 Å². The lowest BCUT2D eigenvalue weighted by atomic mass is 10.2. The number of nitrogens with one attached hydrogen (secondary N) is 1. The van der Waals surface area contributed by atoms with Crippen molar-refractivity contribution in [3.8, 4) is 0 Å². The fraction of sp³-hybridized carbons (Fsp3) is 0.188. The highest BCUT2D eigenvalue weighted by Gasteiger charge is 2.22. The number of carbonyl (C=O) groups is 1. The van der Waals surface area contributed by atoms with E-state index in [2.05, 4.69) is 21.2 Å². The van der Waals surface area contributed by atoms with Gasteiger partial charge in [-0.2, -0.15) is 0 Å². The predicted molar refractivity (Wildman–Crippen MR) is 103 cm³/mol. The smallest absolute Gasteiger partial charge is 0.255 e. The number of hydrogen-bond acceptors (Lipinski definition) is 5. The minimum Gasteiger partial charge on any atom is -0.322 e. The largest absolute Gasteiger partial charge is 0.322 e. The van der Waals surface area contributed by atoms with Gasteiger partial charge in [0.05, 0.1) is 9.79 Å². The molecule has 0 saturated heterocycles. The van der Waals surface area contributed by atoms with Gasteiger partial charge in [-0.3, -0.25) is 4.79 Å². The third-order valence-electron chi connectivity index (χ3n) is 3.49. The Morgan fingerprint density at radius 1 is 1.00 bits per heavy atom. The molecular formula is C16H17BrN2O5S2. The van der Waals surface area contributed by atoms with Crippen LogP contribution in [0.3, 0.4) is 0 Å². The zero-order valence-electron chi connectivity index (χ0n) is 14.2. The summed E-state index contributed by atoms with van der Waals surface area (Å²) < 4.78 is 49.0. The number of sulfone groups is 1. The Morgan fingerprint density at radius 2 is 1.58 bits per heavy atom. The first kappa shape index (κ1) is 20.6. The average Bonchev–Trinajstić information content (AvgIpc) is 2.54. The van der Waals surface area contributed by atoms with Crippen LogP contribution in [-0.4, -0.2) is 47.4 Å². The summed E-state index contributed by atoms with van der Waals surface area (Å²) in [5, 5.41) is 2.61. The Kier molecular flexibility index (Phi) is 5.91. The topological polar surface area (TPSA) is 101 Å². The van der Waals surface area contributed by atoms with Crippen LogP contribution in [0.1, 0.15) is 10.4 Å². The van der Waals surface area contributed by atoms with Crippen LogP contribution in [0.2, 0.25) is 0 Å². The number of hydrogen-bond donors (Lipinski definition) is 1. The lowest BCUT2D eigenvalue weighted by molar-refractivity contribution is 0.102. The van der Waals surface area contributed by atoms with E-state index in [1.165, 1.54) is 56.6 Å². The molecule has 0 spiro atoms. The molecule has 0 radical (unpaired) electrons. The number of sulfonamides is 1. The van der Waals surface area contributed by atoms with Crippen molar-refractivity contribution < 1.29 is 21.6 Å². The Hall–Kier alpha value is -1.75. The van der Waals surface area contributed by atoms with Gasteiger partial charge in [0, 0.05) is 36.1 Å². The number of carbonyl (C=O) groups excluding carboxylic acids is 1. The molecule has 0 saturated carbocycles. The van der Waals surface area contributed by atoms with Crippen LogP contribution in [-0.2, 0) is 19.9 Å². The maximum atomic E-state index is 12.4. The van der Waals surface area contributed by atoms with Crippen LogP contribution in [0.25, 0.3) is 0 Å². The van der Waals surface area contributed by atoms with Crippen molar-refractivity contribution in [3.05, 3.63) is 52.5 Å². The van der Waals surface area contributed by atoms with Crippen LogP contribution in [0.15, 0.2) is 56.7 Å². The van der Waals surface area contributed by atoms with E-state index in [0.717, 1.165) is 10.6 Å². The number of amides is 1. The van der Waals surface area contributed by atoms with Crippen molar-refractivity contribution in [2.24, 2.45) is 0 Å². The highest BCUT2D eigenvalue weighted by atomic mass is 79.9. The molecule has 2 rings (SSSR count). The second-order valence-electron chi connectivity index (χ2n) is 5.68. The summed E-state index contributed by atoms with van der Waals surface area (Å²) in [6, 6.07) is 9.94. The maximum absolute atomic E-state index is 12.4. The van der Waals surface area contributed by atoms with Gasteiger partial charge >= 0.3 is 0 Å². The Balaban J connectivity index is 2.31. The average molecular weight is 461 g/mol. The molecule has 7 nitrogen and oxygen atoms in total. The molecule has 10 heteroatoms. The first-order chi connectivity index (χ1) is 11.9. The molecule has 0 unspecified atom stereocenters. The van der Waals surface area contributed by atoms with E-state index in [0.29, 0.717) is 10.2 Å². The van der Waals surface area contributed by atoms with E-state index < -0.39 is 25.8 Å². The standard InChI is InChI=1S/C16H17BrN2O5S2/c1-19(2)26(23,24)15-10-11(4-9-14(15)17)16(20)18-12-5-7-13(8-6-12)25(3,21)22/h4-10H,1-3H3,(H,18,20). The molecule has 0 aliphatic rings. The van der Waals surface area contributed by atoms with Gasteiger partial charge in [0.1, 0.15) is 0 Å². The first-order valence-corrected chi connectivity index (χ1v) is 11.4. The quantitative estimate of drug-likeness (QED) is 0.737. The predicted octanol–water partition coefficient (Wildman–Crippen LogP) is 2.36. The lowest BCUT2D eigenvalue weighted by Crippen LogP contribution is -2.23. The van der Waals surface area contributed by atoms with Gasteiger partial charge in [0.15, 0.2) is 9.84 Å². The zero-order chi connectivity index (χ0) is 19.7. The van der Waals surface area contributed by atoms with Gasteiger partial charge in [-0.15, -0.1) is 0 Å². The van der Waals surface area contributed by atoms with Gasteiger partial charge in [0.2, 0.25) is 10.0 Å². The van der Waals surface area contributed by atoms with Crippen molar-refractivity contribution in [2.45, 2.75) is 9.79 Å². The fourth-order valence-corrected chi connectivity index (χ4v) is 4.50. The van der Waals surface area contributed by atoms with Crippen molar-refractivity contribution in [3.63, 3.8) is 0 Å². The van der Waals surface area contributed by atoms with E-state index in [-0.39, 0.29) is 15.4 Å². The van der Waals surface area contributed by atoms with E-state index >= 15 is 0 Å². The lowest BCUT2D eigenvalue weighted by Gasteiger charge is -2.14. The second kappa shape index (κ2) is 7.47. The van der Waals surface area contributed by atoms with E-state index in [1.54, 1.807) is 0 Å². The van der Waals surface area contributed by atoms with Gasteiger partial charge in [-0.05, 0) is 58.4 Å². The van der Waals surface area contributed by atoms with Crippen LogP contribution in [0.4, 0.5) is 5.69 Å². The zero-order valence-corrected chi connectivity index (χ0v) is 17.4. The number of halogens is 1. The Labute approximate surface area is 161 Å². The first-order valence-electron chi connectivity index (χ1n) is 7.26. The molecule has 0 heterocycles. The van der Waals surface area contributed by atoms with Crippen molar-refractivity contribution in [2.75, 3.05) is 25.7 Å². The van der Waals surface area contributed by atoms with Crippen LogP contribution in [0, 0.1) is 0 Å². The molecule has 0 aliphatic carbocycles. The minimum absolute atomic E-state index is 0.0254. The molecule has 0 aromatic heterocycles. The summed E-state index contributed by atoms with van der Waals surface area (Å²) in [5.74, 6) is -0.514. The molecule has 2 aromatic carbocycles. The highest BCUT2D eigenvalue weighted by molar-refractivity contribution is 9.10. The van der Waals surface area contributed by atoms with Gasteiger partial charge < -0.3 is 5.32 Å². The van der Waals surface area contributed by atoms with Crippen LogP contribution >= 0.6 is 15.9 Å². The molecule has 1 N–H and O–H groups in total. The summed E-state index contributed by atoms with van der Waals surface area (Å²) in [4.78, 5) is 12.5. The minimum atomic E-state index is -3.72. The number of anilines is 1. The summed E-state index contributed by atoms with van der Waals surface area (Å²) >= 11 is 3.18. The summed E-state index contributed by atoms with van der Waals surface area (Å²) in [5.41, 5.74) is 0.545. The summed E-state index contributed by atoms with van der Waals surface area (Å²) in [7, 11) is -4.24. The van der Waals surface area contributed by atoms with E-state index in [4.69, 9.17) is 0 Å². The van der Waals surface area contributed by atoms with Crippen LogP contribution < -0.4 is 5.32 Å². The highest BCUT2D eigenvalue weighted by Crippen LogP contribution is 2.25. The molecule has 1 amide bonds. The van der Waals surface area contributed by atoms with E-state index in [1.807, 2.05) is 0 Å². The third kappa shape index (κ3) is 4.50. The summed E-state index contributed by atoms with van der Waals surface area (Å²) in [6.07, 6.45) is 1.09. The van der Waals surface area contributed by atoms with Gasteiger partial charge in [0.25, 0.3) is 5.91 Å². The number of nitrogens with zero attached hydrogens (tertiary/aromatic N) is 1. The number of benzene rings is 2. The fourth-order valence-electron chi connectivity index (χ4n) is 2.03. The second-order valence-corrected chi connectivity index (χ2v) is 10.7. The monoisotopic (exact) mass is 460 g/mol. The van der Waals surface area contributed by atoms with Crippen molar-refractivity contribution in [1.82, 2.24) is 4.31 Å². The molecule has 0 bridgehead atoms. The van der Waals surface area contributed by atoms with Gasteiger partial charge in [-0.1, -0.05) is 0 Å². The number of rotatable bonds is 5. The normalized spacial score (nSPS) is 12.2. The molecule has 140 valence electrons. The van der Waals surface area contributed by atoms with Gasteiger partial charge in [-0.25, -0.2) is 21.1 Å². The Bertz CT molecular complexity index is 1050. The van der Waals surface area contributed by atoms with Crippen molar-refractivity contribution in [1.29, 1.82) is 0 Å². The SMILES string of the molecule is CN(C)S(=O)(=O)c1cc(C(=O)Nc2ccc(S(C)(=O)=O)cc2)ccc1Br. The van der Waals surface area contributed by atoms with Crippen molar-refractivity contribution >= 4 is 47.4 Å². The molecular weight excluding hydrogens is 444 g/mol. The third-order valence-corrected chi connectivity index (χ3v) is 7.43. The molecule has 2 aromatic rings. The summed E-state index contributed by atoms with van der Waals surface area (Å²) in [6.45, 7) is 0. The van der Waals surface area contributed by atoms with E-state index in [9.17, 15) is 21.6 Å². The molecule has 0 aliphatic heterocycles.